The third-order valence-electron chi connectivity index (χ3n) is 5.71. The number of ether oxygens (including phenoxy) is 2. The minimum absolute atomic E-state index is 0.0474. The molecule has 0 atom stereocenters. The first-order valence-corrected chi connectivity index (χ1v) is 13.2. The van der Waals surface area contributed by atoms with Gasteiger partial charge in [0.2, 0.25) is 5.91 Å². The smallest absolute Gasteiger partial charge is 0.264 e. The Morgan fingerprint density at radius 2 is 1.42 bits per heavy atom. The molecule has 1 N–H and O–H groups in total. The molecule has 0 bridgehead atoms. The zero-order valence-corrected chi connectivity index (χ0v) is 21.5. The van der Waals surface area contributed by atoms with Crippen molar-refractivity contribution in [2.24, 2.45) is 0 Å². The molecule has 4 aromatic carbocycles. The van der Waals surface area contributed by atoms with Crippen LogP contribution in [0.25, 0.3) is 0 Å². The first-order valence-electron chi connectivity index (χ1n) is 11.8. The van der Waals surface area contributed by atoms with Crippen LogP contribution in [0.4, 0.5) is 10.1 Å². The second kappa shape index (κ2) is 12.2. The number of amides is 1. The van der Waals surface area contributed by atoms with Gasteiger partial charge in [0.05, 0.1) is 17.7 Å². The molecule has 7 nitrogen and oxygen atoms in total. The Balaban J connectivity index is 1.39. The van der Waals surface area contributed by atoms with Crippen LogP contribution in [-0.4, -0.2) is 28.0 Å². The van der Waals surface area contributed by atoms with E-state index in [4.69, 9.17) is 9.47 Å². The van der Waals surface area contributed by atoms with Crippen molar-refractivity contribution < 1.29 is 27.1 Å². The maximum absolute atomic E-state index is 13.4. The molecule has 38 heavy (non-hydrogen) atoms. The summed E-state index contributed by atoms with van der Waals surface area (Å²) in [4.78, 5) is 12.9. The molecule has 0 aliphatic carbocycles. The van der Waals surface area contributed by atoms with Crippen LogP contribution in [0.1, 0.15) is 11.1 Å². The number of nitrogens with one attached hydrogen (secondary N) is 1. The molecule has 4 rings (SSSR count). The van der Waals surface area contributed by atoms with Crippen LogP contribution in [0.5, 0.6) is 11.5 Å². The molecule has 0 saturated heterocycles. The maximum Gasteiger partial charge on any atom is 0.264 e. The number of benzene rings is 4. The molecular formula is C29H27FN2O5S. The van der Waals surface area contributed by atoms with Crippen LogP contribution in [0, 0.1) is 5.82 Å². The number of nitrogens with zero attached hydrogens (tertiary/aromatic N) is 1. The number of sulfonamides is 1. The number of anilines is 1. The molecular weight excluding hydrogens is 507 g/mol. The average Bonchev–Trinajstić information content (AvgIpc) is 2.95. The van der Waals surface area contributed by atoms with Gasteiger partial charge in [-0.25, -0.2) is 12.8 Å². The van der Waals surface area contributed by atoms with Gasteiger partial charge in [-0.2, -0.15) is 0 Å². The molecule has 196 valence electrons. The molecule has 0 radical (unpaired) electrons. The zero-order valence-electron chi connectivity index (χ0n) is 20.7. The SMILES string of the molecule is COc1ccc(S(=O)(=O)N(CC(=O)NCc2ccc(OCc3ccc(F)cc3)cc2)c2ccccc2)cc1. The third-order valence-corrected chi connectivity index (χ3v) is 7.50. The number of halogens is 1. The standard InChI is InChI=1S/C29H27FN2O5S/c1-36-26-15-17-28(18-16-26)38(34,35)32(25-5-3-2-4-6-25)20-29(33)31-19-22-9-13-27(14-10-22)37-21-23-7-11-24(30)12-8-23/h2-18H,19-21H2,1H3,(H,31,33). The molecule has 0 spiro atoms. The molecule has 9 heteroatoms. The highest BCUT2D eigenvalue weighted by Gasteiger charge is 2.27. The van der Waals surface area contributed by atoms with Crippen molar-refractivity contribution in [3.05, 3.63) is 120 Å². The molecule has 0 saturated carbocycles. The monoisotopic (exact) mass is 534 g/mol. The quantitative estimate of drug-likeness (QED) is 0.295. The van der Waals surface area contributed by atoms with Crippen LogP contribution in [0.15, 0.2) is 108 Å². The lowest BCUT2D eigenvalue weighted by Gasteiger charge is -2.24. The Bertz CT molecular complexity index is 1440. The normalized spacial score (nSPS) is 11.0. The van der Waals surface area contributed by atoms with Gasteiger partial charge in [0.25, 0.3) is 10.0 Å². The summed E-state index contributed by atoms with van der Waals surface area (Å²) in [6, 6.07) is 27.7. The first-order chi connectivity index (χ1) is 18.3. The highest BCUT2D eigenvalue weighted by atomic mass is 32.2. The number of hydrogen-bond donors (Lipinski definition) is 1. The van der Waals surface area contributed by atoms with Crippen LogP contribution in [-0.2, 0) is 28.0 Å². The lowest BCUT2D eigenvalue weighted by Crippen LogP contribution is -2.40. The van der Waals surface area contributed by atoms with Crippen LogP contribution >= 0.6 is 0 Å². The predicted molar refractivity (Wildman–Crippen MR) is 143 cm³/mol. The third kappa shape index (κ3) is 6.89. The van der Waals surface area contributed by atoms with Gasteiger partial charge in [0.1, 0.15) is 30.5 Å². The average molecular weight is 535 g/mol. The number of para-hydroxylation sites is 1. The molecule has 0 heterocycles. The fourth-order valence-electron chi connectivity index (χ4n) is 3.62. The lowest BCUT2D eigenvalue weighted by atomic mass is 10.2. The number of hydrogen-bond acceptors (Lipinski definition) is 5. The van der Waals surface area contributed by atoms with Gasteiger partial charge in [-0.3, -0.25) is 9.10 Å². The van der Waals surface area contributed by atoms with E-state index in [0.717, 1.165) is 15.4 Å². The zero-order chi connectivity index (χ0) is 27.0. The lowest BCUT2D eigenvalue weighted by molar-refractivity contribution is -0.119. The Morgan fingerprint density at radius 3 is 2.05 bits per heavy atom. The van der Waals surface area contributed by atoms with Gasteiger partial charge in [-0.1, -0.05) is 42.5 Å². The maximum atomic E-state index is 13.4. The molecule has 0 aliphatic heterocycles. The Hall–Kier alpha value is -4.37. The van der Waals surface area contributed by atoms with Crippen LogP contribution in [0.3, 0.4) is 0 Å². The molecule has 0 aromatic heterocycles. The van der Waals surface area contributed by atoms with Crippen molar-refractivity contribution in [2.75, 3.05) is 18.0 Å². The predicted octanol–water partition coefficient (Wildman–Crippen LogP) is 4.93. The fraction of sp³-hybridized carbons (Fsp3) is 0.138. The van der Waals surface area contributed by atoms with E-state index in [1.54, 1.807) is 66.7 Å². The number of carbonyl (C=O) groups is 1. The second-order valence-electron chi connectivity index (χ2n) is 8.36. The Labute approximate surface area is 221 Å². The highest BCUT2D eigenvalue weighted by molar-refractivity contribution is 7.92. The van der Waals surface area contributed by atoms with E-state index in [1.807, 2.05) is 12.1 Å². The first kappa shape index (κ1) is 26.7. The number of carbonyl (C=O) groups excluding carboxylic acids is 1. The largest absolute Gasteiger partial charge is 0.497 e. The summed E-state index contributed by atoms with van der Waals surface area (Å²) in [5.41, 5.74) is 2.04. The minimum atomic E-state index is -4.01. The summed E-state index contributed by atoms with van der Waals surface area (Å²) in [7, 11) is -2.52. The summed E-state index contributed by atoms with van der Waals surface area (Å²) >= 11 is 0. The van der Waals surface area contributed by atoms with E-state index >= 15 is 0 Å². The van der Waals surface area contributed by atoms with Gasteiger partial charge in [0, 0.05) is 6.54 Å². The minimum Gasteiger partial charge on any atom is -0.497 e. The van der Waals surface area contributed by atoms with E-state index in [-0.39, 0.29) is 17.3 Å². The van der Waals surface area contributed by atoms with Gasteiger partial charge < -0.3 is 14.8 Å². The molecule has 0 fully saturated rings. The van der Waals surface area contributed by atoms with Crippen molar-refractivity contribution in [2.45, 2.75) is 18.0 Å². The van der Waals surface area contributed by atoms with Crippen molar-refractivity contribution in [1.82, 2.24) is 5.32 Å². The van der Waals surface area contributed by atoms with Gasteiger partial charge in [0.15, 0.2) is 0 Å². The van der Waals surface area contributed by atoms with Crippen LogP contribution < -0.4 is 19.1 Å². The summed E-state index contributed by atoms with van der Waals surface area (Å²) in [6.07, 6.45) is 0. The van der Waals surface area contributed by atoms with Crippen molar-refractivity contribution in [3.63, 3.8) is 0 Å². The van der Waals surface area contributed by atoms with Crippen molar-refractivity contribution in [3.8, 4) is 11.5 Å². The van der Waals surface area contributed by atoms with Gasteiger partial charge in [-0.15, -0.1) is 0 Å². The van der Waals surface area contributed by atoms with Crippen molar-refractivity contribution in [1.29, 1.82) is 0 Å². The molecule has 4 aromatic rings. The van der Waals surface area contributed by atoms with E-state index in [1.165, 1.54) is 31.4 Å². The topological polar surface area (TPSA) is 84.9 Å². The Morgan fingerprint density at radius 1 is 0.816 bits per heavy atom. The number of methoxy groups -OCH3 is 1. The van der Waals surface area contributed by atoms with Gasteiger partial charge >= 0.3 is 0 Å². The second-order valence-corrected chi connectivity index (χ2v) is 10.2. The molecule has 0 unspecified atom stereocenters. The summed E-state index contributed by atoms with van der Waals surface area (Å²) < 4.78 is 51.8. The number of rotatable bonds is 11. The summed E-state index contributed by atoms with van der Waals surface area (Å²) in [6.45, 7) is 0.119. The Kier molecular flexibility index (Phi) is 8.60. The van der Waals surface area contributed by atoms with E-state index in [0.29, 0.717) is 23.8 Å². The van der Waals surface area contributed by atoms with Gasteiger partial charge in [-0.05, 0) is 71.8 Å². The van der Waals surface area contributed by atoms with E-state index in [9.17, 15) is 17.6 Å². The molecule has 1 amide bonds. The summed E-state index contributed by atoms with van der Waals surface area (Å²) in [5.74, 6) is 0.401. The van der Waals surface area contributed by atoms with Crippen molar-refractivity contribution >= 4 is 21.6 Å². The van der Waals surface area contributed by atoms with Crippen LogP contribution in [0.2, 0.25) is 0 Å². The summed E-state index contributed by atoms with van der Waals surface area (Å²) in [5, 5.41) is 2.78. The highest BCUT2D eigenvalue weighted by Crippen LogP contribution is 2.25. The van der Waals surface area contributed by atoms with E-state index in [2.05, 4.69) is 5.32 Å². The molecule has 0 aliphatic rings. The fourth-order valence-corrected chi connectivity index (χ4v) is 5.04. The van der Waals surface area contributed by atoms with E-state index < -0.39 is 22.5 Å².